The molecular formula is C23H31NO3. The van der Waals surface area contributed by atoms with Gasteiger partial charge in [-0.25, -0.2) is 0 Å². The SMILES string of the molecule is C=C1CCC[C@]2(C)C[C@H]3OC(=O)[C@@H](CNCc4ccccc4OC)[C@H]3C[C@H]12. The Morgan fingerprint density at radius 1 is 1.37 bits per heavy atom. The molecule has 1 aromatic rings. The van der Waals surface area contributed by atoms with E-state index >= 15 is 0 Å². The third kappa shape index (κ3) is 3.40. The number of hydrogen-bond donors (Lipinski definition) is 1. The van der Waals surface area contributed by atoms with E-state index in [1.165, 1.54) is 18.4 Å². The van der Waals surface area contributed by atoms with Gasteiger partial charge in [0.05, 0.1) is 13.0 Å². The molecule has 2 saturated carbocycles. The molecule has 4 heteroatoms. The van der Waals surface area contributed by atoms with E-state index in [1.807, 2.05) is 18.2 Å². The number of carbonyl (C=O) groups is 1. The number of carbonyl (C=O) groups excluding carboxylic acids is 1. The molecule has 5 atom stereocenters. The fraction of sp³-hybridized carbons (Fsp3) is 0.609. The summed E-state index contributed by atoms with van der Waals surface area (Å²) in [5, 5.41) is 3.47. The van der Waals surface area contributed by atoms with Gasteiger partial charge in [0.15, 0.2) is 0 Å². The van der Waals surface area contributed by atoms with Crippen LogP contribution in [0.25, 0.3) is 0 Å². The third-order valence-corrected chi connectivity index (χ3v) is 7.19. The van der Waals surface area contributed by atoms with Crippen molar-refractivity contribution in [2.45, 2.75) is 51.7 Å². The van der Waals surface area contributed by atoms with E-state index in [9.17, 15) is 4.79 Å². The van der Waals surface area contributed by atoms with Gasteiger partial charge in [0.25, 0.3) is 0 Å². The highest BCUT2D eigenvalue weighted by Gasteiger charge is 2.54. The monoisotopic (exact) mass is 369 g/mol. The van der Waals surface area contributed by atoms with Crippen molar-refractivity contribution >= 4 is 5.97 Å². The van der Waals surface area contributed by atoms with E-state index in [-0.39, 0.29) is 23.4 Å². The molecule has 27 heavy (non-hydrogen) atoms. The van der Waals surface area contributed by atoms with Crippen LogP contribution in [0.4, 0.5) is 0 Å². The van der Waals surface area contributed by atoms with Crippen LogP contribution in [0.15, 0.2) is 36.4 Å². The molecule has 0 spiro atoms. The Bertz CT molecular complexity index is 730. The van der Waals surface area contributed by atoms with Crippen molar-refractivity contribution in [3.05, 3.63) is 42.0 Å². The fourth-order valence-electron chi connectivity index (χ4n) is 5.70. The first-order valence-electron chi connectivity index (χ1n) is 10.2. The Balaban J connectivity index is 1.42. The normalized spacial score (nSPS) is 35.3. The molecule has 1 N–H and O–H groups in total. The minimum atomic E-state index is -0.0519. The maximum absolute atomic E-state index is 12.6. The lowest BCUT2D eigenvalue weighted by Gasteiger charge is -2.50. The van der Waals surface area contributed by atoms with Crippen molar-refractivity contribution in [2.24, 2.45) is 23.2 Å². The largest absolute Gasteiger partial charge is 0.496 e. The molecule has 0 aromatic heterocycles. The number of benzene rings is 1. The molecule has 1 heterocycles. The molecule has 2 aliphatic carbocycles. The highest BCUT2D eigenvalue weighted by Crippen LogP contribution is 2.56. The van der Waals surface area contributed by atoms with Crippen LogP contribution in [0.2, 0.25) is 0 Å². The van der Waals surface area contributed by atoms with E-state index in [0.717, 1.165) is 30.6 Å². The van der Waals surface area contributed by atoms with Gasteiger partial charge < -0.3 is 14.8 Å². The van der Waals surface area contributed by atoms with Crippen LogP contribution in [-0.2, 0) is 16.1 Å². The summed E-state index contributed by atoms with van der Waals surface area (Å²) in [6, 6.07) is 8.00. The summed E-state index contributed by atoms with van der Waals surface area (Å²) in [6.07, 6.45) is 5.73. The van der Waals surface area contributed by atoms with Crippen LogP contribution >= 0.6 is 0 Å². The van der Waals surface area contributed by atoms with E-state index in [2.05, 4.69) is 24.9 Å². The Hall–Kier alpha value is -1.81. The zero-order valence-corrected chi connectivity index (χ0v) is 16.5. The van der Waals surface area contributed by atoms with Gasteiger partial charge in [0.1, 0.15) is 11.9 Å². The van der Waals surface area contributed by atoms with Gasteiger partial charge in [0, 0.05) is 24.6 Å². The maximum atomic E-state index is 12.6. The van der Waals surface area contributed by atoms with Crippen molar-refractivity contribution in [3.63, 3.8) is 0 Å². The van der Waals surface area contributed by atoms with Gasteiger partial charge in [0.2, 0.25) is 0 Å². The van der Waals surface area contributed by atoms with Gasteiger partial charge >= 0.3 is 5.97 Å². The lowest BCUT2D eigenvalue weighted by Crippen LogP contribution is -2.45. The number of ether oxygens (including phenoxy) is 2. The van der Waals surface area contributed by atoms with E-state index in [0.29, 0.717) is 24.9 Å². The van der Waals surface area contributed by atoms with Gasteiger partial charge in [-0.2, -0.15) is 0 Å². The number of fused-ring (bicyclic) bond motifs is 2. The summed E-state index contributed by atoms with van der Waals surface area (Å²) in [4.78, 5) is 12.6. The second kappa shape index (κ2) is 7.31. The minimum Gasteiger partial charge on any atom is -0.496 e. The van der Waals surface area contributed by atoms with Gasteiger partial charge in [-0.15, -0.1) is 0 Å². The van der Waals surface area contributed by atoms with E-state index in [4.69, 9.17) is 9.47 Å². The molecule has 3 aliphatic rings. The first-order valence-corrected chi connectivity index (χ1v) is 10.2. The Labute approximate surface area is 162 Å². The topological polar surface area (TPSA) is 47.6 Å². The first-order chi connectivity index (χ1) is 13.0. The summed E-state index contributed by atoms with van der Waals surface area (Å²) in [6.45, 7) is 8.10. The average Bonchev–Trinajstić information content (AvgIpc) is 2.94. The van der Waals surface area contributed by atoms with Crippen LogP contribution in [0.3, 0.4) is 0 Å². The van der Waals surface area contributed by atoms with Crippen LogP contribution < -0.4 is 10.1 Å². The summed E-state index contributed by atoms with van der Waals surface area (Å²) in [7, 11) is 1.69. The molecule has 0 radical (unpaired) electrons. The molecule has 0 amide bonds. The number of methoxy groups -OCH3 is 1. The van der Waals surface area contributed by atoms with E-state index in [1.54, 1.807) is 7.11 Å². The summed E-state index contributed by atoms with van der Waals surface area (Å²) in [5.74, 6) is 1.66. The second-order valence-corrected chi connectivity index (χ2v) is 8.85. The van der Waals surface area contributed by atoms with Crippen molar-refractivity contribution in [3.8, 4) is 5.75 Å². The van der Waals surface area contributed by atoms with E-state index < -0.39 is 0 Å². The Kier molecular flexibility index (Phi) is 5.02. The molecule has 0 bridgehead atoms. The number of hydrogen-bond acceptors (Lipinski definition) is 4. The molecule has 1 aliphatic heterocycles. The Morgan fingerprint density at radius 3 is 3.00 bits per heavy atom. The van der Waals surface area contributed by atoms with Crippen LogP contribution in [-0.4, -0.2) is 25.7 Å². The summed E-state index contributed by atoms with van der Waals surface area (Å²) in [5.41, 5.74) is 2.76. The van der Waals surface area contributed by atoms with Crippen LogP contribution in [0.1, 0.15) is 44.6 Å². The predicted octanol–water partition coefficient (Wildman–Crippen LogP) is 4.10. The lowest BCUT2D eigenvalue weighted by molar-refractivity contribution is -0.146. The average molecular weight is 370 g/mol. The smallest absolute Gasteiger partial charge is 0.310 e. The molecule has 0 unspecified atom stereocenters. The highest BCUT2D eigenvalue weighted by atomic mass is 16.6. The van der Waals surface area contributed by atoms with Crippen molar-refractivity contribution in [1.29, 1.82) is 0 Å². The molecule has 4 nitrogen and oxygen atoms in total. The van der Waals surface area contributed by atoms with Gasteiger partial charge in [-0.3, -0.25) is 4.79 Å². The standard InChI is InChI=1S/C23H31NO3/c1-15-7-6-10-23(2)12-21-17(11-19(15)23)18(22(25)27-21)14-24-13-16-8-4-5-9-20(16)26-3/h4-5,8-9,17-19,21,24H,1,6-7,10-14H2,2-3H3/t17-,18+,19-,21-,23-/m1/s1. The number of para-hydroxylation sites is 1. The fourth-order valence-corrected chi connectivity index (χ4v) is 5.70. The molecule has 4 rings (SSSR count). The summed E-state index contributed by atoms with van der Waals surface area (Å²) >= 11 is 0. The predicted molar refractivity (Wildman–Crippen MR) is 105 cm³/mol. The molecule has 1 saturated heterocycles. The lowest BCUT2D eigenvalue weighted by atomic mass is 9.55. The van der Waals surface area contributed by atoms with Gasteiger partial charge in [-0.1, -0.05) is 37.3 Å². The maximum Gasteiger partial charge on any atom is 0.310 e. The summed E-state index contributed by atoms with van der Waals surface area (Å²) < 4.78 is 11.3. The van der Waals surface area contributed by atoms with Crippen LogP contribution in [0.5, 0.6) is 5.75 Å². The number of rotatable bonds is 5. The quantitative estimate of drug-likeness (QED) is 0.627. The first kappa shape index (κ1) is 18.5. The molecule has 1 aromatic carbocycles. The zero-order valence-electron chi connectivity index (χ0n) is 16.5. The minimum absolute atomic E-state index is 0.0228. The third-order valence-electron chi connectivity index (χ3n) is 7.19. The Morgan fingerprint density at radius 2 is 2.19 bits per heavy atom. The van der Waals surface area contributed by atoms with Gasteiger partial charge in [-0.05, 0) is 49.5 Å². The molecule has 146 valence electrons. The number of esters is 1. The zero-order chi connectivity index (χ0) is 19.0. The van der Waals surface area contributed by atoms with Crippen molar-refractivity contribution in [1.82, 2.24) is 5.32 Å². The number of allylic oxidation sites excluding steroid dienone is 1. The van der Waals surface area contributed by atoms with Crippen molar-refractivity contribution < 1.29 is 14.3 Å². The molecular weight excluding hydrogens is 338 g/mol. The number of nitrogens with one attached hydrogen (secondary N) is 1. The molecule has 3 fully saturated rings. The highest BCUT2D eigenvalue weighted by molar-refractivity contribution is 5.75. The van der Waals surface area contributed by atoms with Crippen molar-refractivity contribution in [2.75, 3.05) is 13.7 Å². The van der Waals surface area contributed by atoms with Crippen LogP contribution in [0, 0.1) is 23.2 Å². The second-order valence-electron chi connectivity index (χ2n) is 8.85.